The second-order valence-corrected chi connectivity index (χ2v) is 9.27. The molecule has 2 heterocycles. The van der Waals surface area contributed by atoms with Crippen molar-refractivity contribution in [2.75, 3.05) is 36.8 Å². The number of piperazine rings is 1. The minimum atomic E-state index is -0.372. The summed E-state index contributed by atoms with van der Waals surface area (Å²) in [6.07, 6.45) is 1.41. The lowest BCUT2D eigenvalue weighted by atomic mass is 10.2. The molecule has 0 radical (unpaired) electrons. The molecule has 1 atom stereocenters. The predicted molar refractivity (Wildman–Crippen MR) is 137 cm³/mol. The molecule has 1 aliphatic heterocycles. The summed E-state index contributed by atoms with van der Waals surface area (Å²) in [6.45, 7) is 9.34. The number of carbonyl (C=O) groups is 1. The van der Waals surface area contributed by atoms with Gasteiger partial charge in [0.2, 0.25) is 5.91 Å². The third-order valence-electron chi connectivity index (χ3n) is 5.64. The van der Waals surface area contributed by atoms with E-state index < -0.39 is 0 Å². The number of carbonyl (C=O) groups excluding carboxylic acids is 1. The molecule has 1 unspecified atom stereocenters. The van der Waals surface area contributed by atoms with E-state index in [9.17, 15) is 4.79 Å². The number of hydrogen-bond acceptors (Lipinski definition) is 6. The number of para-hydroxylation sites is 2. The molecule has 1 amide bonds. The summed E-state index contributed by atoms with van der Waals surface area (Å²) in [7, 11) is 0. The molecule has 7 nitrogen and oxygen atoms in total. The van der Waals surface area contributed by atoms with E-state index in [1.807, 2.05) is 52.8 Å². The van der Waals surface area contributed by atoms with Crippen molar-refractivity contribution in [3.8, 4) is 5.75 Å². The summed E-state index contributed by atoms with van der Waals surface area (Å²) in [5.41, 5.74) is 1.20. The van der Waals surface area contributed by atoms with Crippen molar-refractivity contribution in [1.82, 2.24) is 19.7 Å². The number of aromatic nitrogens is 3. The van der Waals surface area contributed by atoms with Gasteiger partial charge in [0.25, 0.3) is 0 Å². The van der Waals surface area contributed by atoms with Gasteiger partial charge in [-0.15, -0.1) is 16.8 Å². The minimum Gasteiger partial charge on any atom is -0.481 e. The Hall–Kier alpha value is -2.97. The molecular formula is C25H28ClN5O2S. The van der Waals surface area contributed by atoms with Crippen molar-refractivity contribution in [1.29, 1.82) is 0 Å². The molecule has 0 saturated carbocycles. The summed E-state index contributed by atoms with van der Waals surface area (Å²) in [6, 6.07) is 17.6. The molecule has 1 aliphatic rings. The van der Waals surface area contributed by atoms with Gasteiger partial charge >= 0.3 is 0 Å². The maximum Gasteiger partial charge on any atom is 0.233 e. The molecular weight excluding hydrogens is 470 g/mol. The van der Waals surface area contributed by atoms with Crippen LogP contribution in [0.4, 0.5) is 5.69 Å². The van der Waals surface area contributed by atoms with E-state index in [-0.39, 0.29) is 12.0 Å². The Labute approximate surface area is 209 Å². The van der Waals surface area contributed by atoms with Crippen LogP contribution in [0.5, 0.6) is 5.75 Å². The van der Waals surface area contributed by atoms with Crippen LogP contribution in [-0.4, -0.2) is 57.5 Å². The van der Waals surface area contributed by atoms with E-state index in [0.29, 0.717) is 47.1 Å². The zero-order valence-electron chi connectivity index (χ0n) is 19.1. The van der Waals surface area contributed by atoms with Crippen LogP contribution in [0, 0.1) is 0 Å². The number of amides is 1. The van der Waals surface area contributed by atoms with Gasteiger partial charge < -0.3 is 14.5 Å². The van der Waals surface area contributed by atoms with E-state index in [0.717, 1.165) is 13.1 Å². The average molecular weight is 498 g/mol. The summed E-state index contributed by atoms with van der Waals surface area (Å²) in [5.74, 6) is 1.66. The largest absolute Gasteiger partial charge is 0.481 e. The second kappa shape index (κ2) is 11.4. The van der Waals surface area contributed by atoms with E-state index in [4.69, 9.17) is 16.3 Å². The zero-order chi connectivity index (χ0) is 23.9. The van der Waals surface area contributed by atoms with E-state index >= 15 is 0 Å². The third kappa shape index (κ3) is 5.74. The van der Waals surface area contributed by atoms with Crippen LogP contribution in [0.3, 0.4) is 0 Å². The standard InChI is InChI=1S/C25H28ClN5O2S/c1-3-13-31-24(19(2)33-22-12-8-7-11-21(22)26)27-28-25(31)34-18-23(32)30-16-14-29(15-17-30)20-9-5-4-6-10-20/h3-12,19H,1,13-18H2,2H3. The third-order valence-corrected chi connectivity index (χ3v) is 6.90. The Morgan fingerprint density at radius 1 is 1.12 bits per heavy atom. The quantitative estimate of drug-likeness (QED) is 0.315. The van der Waals surface area contributed by atoms with Crippen molar-refractivity contribution in [3.05, 3.63) is 78.1 Å². The summed E-state index contributed by atoms with van der Waals surface area (Å²) in [5, 5.41) is 9.87. The fourth-order valence-electron chi connectivity index (χ4n) is 3.86. The minimum absolute atomic E-state index is 0.104. The van der Waals surface area contributed by atoms with Gasteiger partial charge in [-0.1, -0.05) is 59.8 Å². The summed E-state index contributed by atoms with van der Waals surface area (Å²) >= 11 is 7.62. The van der Waals surface area contributed by atoms with E-state index in [1.54, 1.807) is 12.1 Å². The molecule has 4 rings (SSSR count). The van der Waals surface area contributed by atoms with Gasteiger partial charge in [-0.3, -0.25) is 9.36 Å². The van der Waals surface area contributed by atoms with Crippen LogP contribution in [0.1, 0.15) is 18.9 Å². The molecule has 0 bridgehead atoms. The van der Waals surface area contributed by atoms with Crippen LogP contribution in [0.2, 0.25) is 5.02 Å². The molecule has 3 aromatic rings. The summed E-state index contributed by atoms with van der Waals surface area (Å²) in [4.78, 5) is 17.1. The molecule has 1 aromatic heterocycles. The average Bonchev–Trinajstić information content (AvgIpc) is 3.27. The zero-order valence-corrected chi connectivity index (χ0v) is 20.7. The van der Waals surface area contributed by atoms with E-state index in [1.165, 1.54) is 17.4 Å². The predicted octanol–water partition coefficient (Wildman–Crippen LogP) is 4.70. The van der Waals surface area contributed by atoms with Crippen LogP contribution >= 0.6 is 23.4 Å². The van der Waals surface area contributed by atoms with Crippen LogP contribution in [0.25, 0.3) is 0 Å². The van der Waals surface area contributed by atoms with Gasteiger partial charge in [-0.25, -0.2) is 0 Å². The molecule has 1 saturated heterocycles. The number of halogens is 1. The van der Waals surface area contributed by atoms with Gasteiger partial charge in [0.1, 0.15) is 5.75 Å². The molecule has 34 heavy (non-hydrogen) atoms. The van der Waals surface area contributed by atoms with Gasteiger partial charge in [-0.05, 0) is 31.2 Å². The molecule has 9 heteroatoms. The molecule has 2 aromatic carbocycles. The van der Waals surface area contributed by atoms with Crippen molar-refractivity contribution in [3.63, 3.8) is 0 Å². The van der Waals surface area contributed by atoms with Gasteiger partial charge in [0, 0.05) is 38.4 Å². The molecule has 1 fully saturated rings. The first-order valence-electron chi connectivity index (χ1n) is 11.2. The fraction of sp³-hybridized carbons (Fsp3) is 0.320. The normalized spacial score (nSPS) is 14.6. The monoisotopic (exact) mass is 497 g/mol. The maximum absolute atomic E-state index is 12.9. The molecule has 0 N–H and O–H groups in total. The Balaban J connectivity index is 1.35. The first-order valence-corrected chi connectivity index (χ1v) is 12.6. The van der Waals surface area contributed by atoms with Crippen molar-refractivity contribution in [2.45, 2.75) is 24.7 Å². The molecule has 0 aliphatic carbocycles. The highest BCUT2D eigenvalue weighted by atomic mass is 35.5. The highest BCUT2D eigenvalue weighted by molar-refractivity contribution is 7.99. The lowest BCUT2D eigenvalue weighted by Gasteiger charge is -2.36. The van der Waals surface area contributed by atoms with Gasteiger partial charge in [0.05, 0.1) is 10.8 Å². The van der Waals surface area contributed by atoms with Crippen LogP contribution in [-0.2, 0) is 11.3 Å². The summed E-state index contributed by atoms with van der Waals surface area (Å²) < 4.78 is 7.95. The van der Waals surface area contributed by atoms with Crippen molar-refractivity contribution in [2.24, 2.45) is 0 Å². The smallest absolute Gasteiger partial charge is 0.233 e. The van der Waals surface area contributed by atoms with Gasteiger partial charge in [0.15, 0.2) is 17.1 Å². The van der Waals surface area contributed by atoms with Crippen molar-refractivity contribution < 1.29 is 9.53 Å². The Morgan fingerprint density at radius 3 is 2.53 bits per heavy atom. The first-order chi connectivity index (χ1) is 16.6. The number of anilines is 1. The highest BCUT2D eigenvalue weighted by Gasteiger charge is 2.24. The number of ether oxygens (including phenoxy) is 1. The SMILES string of the molecule is C=CCn1c(SCC(=O)N2CCN(c3ccccc3)CC2)nnc1C(C)Oc1ccccc1Cl. The lowest BCUT2D eigenvalue weighted by Crippen LogP contribution is -2.49. The number of rotatable bonds is 9. The molecule has 0 spiro atoms. The highest BCUT2D eigenvalue weighted by Crippen LogP contribution is 2.29. The first kappa shape index (κ1) is 24.2. The number of thioether (sulfide) groups is 1. The van der Waals surface area contributed by atoms with E-state index in [2.05, 4.69) is 33.8 Å². The second-order valence-electron chi connectivity index (χ2n) is 7.92. The topological polar surface area (TPSA) is 63.5 Å². The Bertz CT molecular complexity index is 1120. The van der Waals surface area contributed by atoms with Crippen LogP contribution in [0.15, 0.2) is 72.4 Å². The molecule has 178 valence electrons. The Kier molecular flexibility index (Phi) is 8.13. The number of benzene rings is 2. The number of allylic oxidation sites excluding steroid dienone is 1. The fourth-order valence-corrected chi connectivity index (χ4v) is 4.90. The number of nitrogens with zero attached hydrogens (tertiary/aromatic N) is 5. The van der Waals surface area contributed by atoms with Crippen LogP contribution < -0.4 is 9.64 Å². The Morgan fingerprint density at radius 2 is 1.82 bits per heavy atom. The maximum atomic E-state index is 12.9. The number of hydrogen-bond donors (Lipinski definition) is 0. The van der Waals surface area contributed by atoms with Crippen molar-refractivity contribution >= 4 is 35.0 Å². The lowest BCUT2D eigenvalue weighted by molar-refractivity contribution is -0.128. The van der Waals surface area contributed by atoms with Gasteiger partial charge in [-0.2, -0.15) is 0 Å².